The van der Waals surface area contributed by atoms with Crippen LogP contribution in [0.15, 0.2) is 64.2 Å². The van der Waals surface area contributed by atoms with Crippen molar-refractivity contribution in [2.24, 2.45) is 5.92 Å². The van der Waals surface area contributed by atoms with Crippen molar-refractivity contribution in [3.63, 3.8) is 0 Å². The third-order valence-corrected chi connectivity index (χ3v) is 6.25. The summed E-state index contributed by atoms with van der Waals surface area (Å²) in [6.07, 6.45) is 0.536. The maximum absolute atomic E-state index is 13.6. The largest absolute Gasteiger partial charge is 0.480 e. The number of fused-ring (bicyclic) bond motifs is 1. The van der Waals surface area contributed by atoms with Gasteiger partial charge in [0.15, 0.2) is 0 Å². The highest BCUT2D eigenvalue weighted by atomic mass is 16.4. The molecule has 0 aliphatic carbocycles. The fraction of sp³-hybridized carbons (Fsp3) is 0.346. The van der Waals surface area contributed by atoms with Gasteiger partial charge in [-0.3, -0.25) is 19.2 Å². The molecule has 1 heterocycles. The number of hydrogen-bond acceptors (Lipinski definition) is 5. The van der Waals surface area contributed by atoms with Crippen LogP contribution in [0.3, 0.4) is 0 Å². The molecule has 0 bridgehead atoms. The van der Waals surface area contributed by atoms with Crippen LogP contribution in [0, 0.1) is 5.92 Å². The molecule has 2 amide bonds. The van der Waals surface area contributed by atoms with Crippen molar-refractivity contribution in [3.8, 4) is 0 Å². The minimum absolute atomic E-state index is 0.0222. The maximum Gasteiger partial charge on any atom is 0.329 e. The summed E-state index contributed by atoms with van der Waals surface area (Å²) < 4.78 is 0.871. The van der Waals surface area contributed by atoms with Gasteiger partial charge in [-0.25, -0.2) is 9.36 Å². The van der Waals surface area contributed by atoms with Crippen LogP contribution >= 0.6 is 0 Å². The molecule has 10 nitrogen and oxygen atoms in total. The summed E-state index contributed by atoms with van der Waals surface area (Å²) >= 11 is 0. The Morgan fingerprint density at radius 2 is 1.58 bits per heavy atom. The lowest BCUT2D eigenvalue weighted by atomic mass is 9.96. The van der Waals surface area contributed by atoms with Gasteiger partial charge in [0.05, 0.1) is 10.9 Å². The molecular weight excluding hydrogens is 464 g/mol. The third kappa shape index (κ3) is 5.88. The molecule has 3 rings (SSSR count). The van der Waals surface area contributed by atoms with Gasteiger partial charge < -0.3 is 20.7 Å². The number of hydrogen-bond donors (Lipinski definition) is 4. The van der Waals surface area contributed by atoms with Gasteiger partial charge in [-0.2, -0.15) is 0 Å². The Morgan fingerprint density at radius 1 is 0.944 bits per heavy atom. The summed E-state index contributed by atoms with van der Waals surface area (Å²) in [6.45, 7) is 4.90. The van der Waals surface area contributed by atoms with Gasteiger partial charge in [0, 0.05) is 6.42 Å². The zero-order valence-electron chi connectivity index (χ0n) is 20.4. The van der Waals surface area contributed by atoms with Gasteiger partial charge in [-0.15, -0.1) is 0 Å². The zero-order valence-corrected chi connectivity index (χ0v) is 20.4. The molecule has 0 aliphatic heterocycles. The van der Waals surface area contributed by atoms with E-state index in [0.29, 0.717) is 17.5 Å². The summed E-state index contributed by atoms with van der Waals surface area (Å²) in [5.74, 6) is -2.93. The summed E-state index contributed by atoms with van der Waals surface area (Å²) in [7, 11) is 0. The number of H-pyrrole nitrogens is 1. The molecule has 36 heavy (non-hydrogen) atoms. The zero-order chi connectivity index (χ0) is 26.4. The number of benzene rings is 2. The first kappa shape index (κ1) is 26.4. The van der Waals surface area contributed by atoms with Crippen LogP contribution in [-0.2, 0) is 20.8 Å². The molecule has 10 heteroatoms. The molecule has 4 atom stereocenters. The number of nitrogens with zero attached hydrogens (tertiary/aromatic N) is 1. The van der Waals surface area contributed by atoms with Crippen LogP contribution in [0.1, 0.15) is 38.8 Å². The molecule has 190 valence electrons. The van der Waals surface area contributed by atoms with E-state index >= 15 is 0 Å². The van der Waals surface area contributed by atoms with Crippen molar-refractivity contribution < 1.29 is 19.5 Å². The topological polar surface area (TPSA) is 150 Å². The number of rotatable bonds is 10. The summed E-state index contributed by atoms with van der Waals surface area (Å²) in [5, 5.41) is 14.5. The van der Waals surface area contributed by atoms with Crippen LogP contribution in [-0.4, -0.2) is 44.5 Å². The number of carbonyl (C=O) groups excluding carboxylic acids is 2. The standard InChI is InChI=1S/C26H30N4O6/c1-4-15(2)21(23(32)27-16(3)25(34)35)29-22(31)20(14-17-10-6-5-7-11-17)30-24(33)18-12-8-9-13-19(18)28-26(30)36/h5-13,15-16,20-21H,4,14H2,1-3H3,(H,27,32)(H,28,36)(H,29,31)(H,34,35)/t15-,16-,20-,21+/m1/s1. The van der Waals surface area contributed by atoms with Crippen LogP contribution in [0.4, 0.5) is 0 Å². The number of carbonyl (C=O) groups is 3. The summed E-state index contributed by atoms with van der Waals surface area (Å²) in [4.78, 5) is 66.7. The van der Waals surface area contributed by atoms with Crippen LogP contribution in [0.5, 0.6) is 0 Å². The lowest BCUT2D eigenvalue weighted by molar-refractivity contribution is -0.142. The number of para-hydroxylation sites is 1. The molecule has 0 aliphatic rings. The fourth-order valence-electron chi connectivity index (χ4n) is 3.91. The first-order chi connectivity index (χ1) is 17.1. The van der Waals surface area contributed by atoms with Gasteiger partial charge in [-0.1, -0.05) is 62.7 Å². The highest BCUT2D eigenvalue weighted by molar-refractivity contribution is 5.91. The van der Waals surface area contributed by atoms with Crippen molar-refractivity contribution in [3.05, 3.63) is 81.0 Å². The van der Waals surface area contributed by atoms with Gasteiger partial charge in [0.25, 0.3) is 5.56 Å². The SMILES string of the molecule is CC[C@@H](C)[C@H](NC(=O)[C@@H](Cc1ccccc1)n1c(=O)[nH]c2ccccc2c1=O)C(=O)N[C@H](C)C(=O)O. The Bertz CT molecular complexity index is 1360. The summed E-state index contributed by atoms with van der Waals surface area (Å²) in [6, 6.07) is 11.9. The smallest absolute Gasteiger partial charge is 0.329 e. The molecular formula is C26H30N4O6. The predicted molar refractivity (Wildman–Crippen MR) is 135 cm³/mol. The van der Waals surface area contributed by atoms with Gasteiger partial charge in [0.1, 0.15) is 18.1 Å². The number of amides is 2. The number of nitrogens with one attached hydrogen (secondary N) is 3. The molecule has 0 unspecified atom stereocenters. The Hall–Kier alpha value is -4.21. The van der Waals surface area contributed by atoms with E-state index in [9.17, 15) is 24.0 Å². The van der Waals surface area contributed by atoms with Crippen molar-refractivity contribution in [2.45, 2.75) is 51.7 Å². The molecule has 1 aromatic heterocycles. The van der Waals surface area contributed by atoms with E-state index < -0.39 is 47.2 Å². The van der Waals surface area contributed by atoms with E-state index in [1.165, 1.54) is 6.92 Å². The molecule has 0 fully saturated rings. The van der Waals surface area contributed by atoms with Gasteiger partial charge >= 0.3 is 11.7 Å². The molecule has 2 aromatic carbocycles. The van der Waals surface area contributed by atoms with E-state index in [1.54, 1.807) is 61.5 Å². The van der Waals surface area contributed by atoms with Crippen molar-refractivity contribution in [1.29, 1.82) is 0 Å². The van der Waals surface area contributed by atoms with E-state index in [2.05, 4.69) is 15.6 Å². The van der Waals surface area contributed by atoms with E-state index in [-0.39, 0.29) is 17.7 Å². The average Bonchev–Trinajstić information content (AvgIpc) is 2.86. The number of carboxylic acid groups (broad SMARTS) is 1. The normalized spacial score (nSPS) is 14.4. The predicted octanol–water partition coefficient (Wildman–Crippen LogP) is 1.59. The molecule has 0 radical (unpaired) electrons. The Labute approximate surface area is 207 Å². The number of carboxylic acids is 1. The Balaban J connectivity index is 2.05. The number of aromatic nitrogens is 2. The molecule has 0 spiro atoms. The minimum atomic E-state index is -1.26. The van der Waals surface area contributed by atoms with Crippen molar-refractivity contribution in [2.75, 3.05) is 0 Å². The highest BCUT2D eigenvalue weighted by Crippen LogP contribution is 2.16. The summed E-state index contributed by atoms with van der Waals surface area (Å²) in [5.41, 5.74) is -0.323. The Morgan fingerprint density at radius 3 is 2.22 bits per heavy atom. The number of aromatic amines is 1. The monoisotopic (exact) mass is 494 g/mol. The quantitative estimate of drug-likeness (QED) is 0.336. The second-order valence-corrected chi connectivity index (χ2v) is 8.80. The second-order valence-electron chi connectivity index (χ2n) is 8.80. The van der Waals surface area contributed by atoms with Gasteiger partial charge in [-0.05, 0) is 30.5 Å². The Kier molecular flexibility index (Phi) is 8.42. The number of aliphatic carboxylic acids is 1. The van der Waals surface area contributed by atoms with E-state index in [4.69, 9.17) is 5.11 Å². The van der Waals surface area contributed by atoms with E-state index in [0.717, 1.165) is 4.57 Å². The first-order valence-corrected chi connectivity index (χ1v) is 11.7. The van der Waals surface area contributed by atoms with Crippen LogP contribution < -0.4 is 21.9 Å². The van der Waals surface area contributed by atoms with E-state index in [1.807, 2.05) is 6.92 Å². The lowest BCUT2D eigenvalue weighted by Crippen LogP contribution is -2.56. The van der Waals surface area contributed by atoms with Gasteiger partial charge in [0.2, 0.25) is 11.8 Å². The van der Waals surface area contributed by atoms with Crippen molar-refractivity contribution >= 4 is 28.7 Å². The maximum atomic E-state index is 13.6. The molecule has 4 N–H and O–H groups in total. The second kappa shape index (κ2) is 11.5. The lowest BCUT2D eigenvalue weighted by Gasteiger charge is -2.27. The first-order valence-electron chi connectivity index (χ1n) is 11.7. The fourth-order valence-corrected chi connectivity index (χ4v) is 3.91. The minimum Gasteiger partial charge on any atom is -0.480 e. The molecule has 3 aromatic rings. The van der Waals surface area contributed by atoms with Crippen LogP contribution in [0.25, 0.3) is 10.9 Å². The highest BCUT2D eigenvalue weighted by Gasteiger charge is 2.32. The van der Waals surface area contributed by atoms with Crippen molar-refractivity contribution in [1.82, 2.24) is 20.2 Å². The molecule has 0 saturated carbocycles. The van der Waals surface area contributed by atoms with Crippen LogP contribution in [0.2, 0.25) is 0 Å². The average molecular weight is 495 g/mol. The molecule has 0 saturated heterocycles. The third-order valence-electron chi connectivity index (χ3n) is 6.25.